The zero-order valence-corrected chi connectivity index (χ0v) is 17.1. The summed E-state index contributed by atoms with van der Waals surface area (Å²) in [6.07, 6.45) is 0. The number of aromatic nitrogens is 1. The summed E-state index contributed by atoms with van der Waals surface area (Å²) in [5.41, 5.74) is 0.855. The van der Waals surface area contributed by atoms with Crippen molar-refractivity contribution in [3.63, 3.8) is 0 Å². The van der Waals surface area contributed by atoms with Crippen molar-refractivity contribution in [2.75, 3.05) is 26.2 Å². The molecule has 2 aromatic rings. The van der Waals surface area contributed by atoms with Crippen LogP contribution in [0.25, 0.3) is 10.2 Å². The molecule has 0 radical (unpaired) electrons. The largest absolute Gasteiger partial charge is 0.316 e. The fourth-order valence-electron chi connectivity index (χ4n) is 3.54. The Kier molecular flexibility index (Phi) is 4.92. The molecule has 0 amide bonds. The molecule has 2 saturated heterocycles. The highest BCUT2D eigenvalue weighted by molar-refractivity contribution is 7.89. The summed E-state index contributed by atoms with van der Waals surface area (Å²) >= 11 is 1.59. The summed E-state index contributed by atoms with van der Waals surface area (Å²) in [4.78, 5) is 5.05. The molecule has 0 saturated carbocycles. The number of nitrogens with zero attached hydrogens (tertiary/aromatic N) is 2. The quantitative estimate of drug-likeness (QED) is 0.840. The van der Waals surface area contributed by atoms with E-state index in [9.17, 15) is 8.42 Å². The van der Waals surface area contributed by atoms with Crippen LogP contribution in [0.5, 0.6) is 0 Å². The number of rotatable bonds is 2. The van der Waals surface area contributed by atoms with Crippen molar-refractivity contribution in [3.8, 4) is 0 Å². The second-order valence-corrected chi connectivity index (χ2v) is 10.9. The van der Waals surface area contributed by atoms with E-state index in [4.69, 9.17) is 0 Å². The Morgan fingerprint density at radius 3 is 2.44 bits per heavy atom. The minimum absolute atomic E-state index is 0. The molecule has 2 aliphatic rings. The van der Waals surface area contributed by atoms with E-state index in [0.717, 1.165) is 28.3 Å². The lowest BCUT2D eigenvalue weighted by atomic mass is 9.98. The molecule has 0 spiro atoms. The molecule has 5 nitrogen and oxygen atoms in total. The van der Waals surface area contributed by atoms with Crippen molar-refractivity contribution < 1.29 is 8.42 Å². The van der Waals surface area contributed by atoms with Crippen LogP contribution in [-0.2, 0) is 15.4 Å². The van der Waals surface area contributed by atoms with Gasteiger partial charge in [-0.05, 0) is 43.1 Å². The van der Waals surface area contributed by atoms with Crippen molar-refractivity contribution in [1.82, 2.24) is 14.6 Å². The van der Waals surface area contributed by atoms with Crippen LogP contribution < -0.4 is 5.32 Å². The molecule has 0 unspecified atom stereocenters. The van der Waals surface area contributed by atoms with Crippen molar-refractivity contribution in [2.45, 2.75) is 31.1 Å². The molecule has 25 heavy (non-hydrogen) atoms. The van der Waals surface area contributed by atoms with Crippen molar-refractivity contribution >= 4 is 44.0 Å². The van der Waals surface area contributed by atoms with E-state index in [1.54, 1.807) is 27.8 Å². The van der Waals surface area contributed by atoms with E-state index in [-0.39, 0.29) is 17.8 Å². The highest BCUT2D eigenvalue weighted by atomic mass is 35.5. The Hall–Kier alpha value is -0.730. The van der Waals surface area contributed by atoms with Gasteiger partial charge in [-0.2, -0.15) is 4.31 Å². The maximum Gasteiger partial charge on any atom is 0.243 e. The van der Waals surface area contributed by atoms with Crippen molar-refractivity contribution in [1.29, 1.82) is 0 Å². The van der Waals surface area contributed by atoms with Gasteiger partial charge in [0.25, 0.3) is 0 Å². The average Bonchev–Trinajstić information content (AvgIpc) is 3.19. The van der Waals surface area contributed by atoms with E-state index in [2.05, 4.69) is 31.1 Å². The molecule has 3 heterocycles. The molecule has 0 bridgehead atoms. The topological polar surface area (TPSA) is 62.3 Å². The van der Waals surface area contributed by atoms with Crippen molar-refractivity contribution in [3.05, 3.63) is 23.2 Å². The first-order valence-corrected chi connectivity index (χ1v) is 10.6. The van der Waals surface area contributed by atoms with Gasteiger partial charge in [-0.1, -0.05) is 20.8 Å². The van der Waals surface area contributed by atoms with Gasteiger partial charge in [0, 0.05) is 18.5 Å². The summed E-state index contributed by atoms with van der Waals surface area (Å²) in [7, 11) is -3.41. The van der Waals surface area contributed by atoms with E-state index in [1.165, 1.54) is 0 Å². The lowest BCUT2D eigenvalue weighted by Crippen LogP contribution is -2.31. The number of halogens is 1. The number of hydrogen-bond acceptors (Lipinski definition) is 5. The third-order valence-electron chi connectivity index (χ3n) is 5.00. The fraction of sp³-hybridized carbons (Fsp3) is 0.588. The molecular formula is C17H24ClN3O2S2. The third-order valence-corrected chi connectivity index (χ3v) is 8.27. The highest BCUT2D eigenvalue weighted by Gasteiger charge is 2.41. The minimum atomic E-state index is -3.41. The zero-order valence-electron chi connectivity index (χ0n) is 14.7. The molecular weight excluding hydrogens is 378 g/mol. The van der Waals surface area contributed by atoms with Gasteiger partial charge in [-0.25, -0.2) is 13.4 Å². The van der Waals surface area contributed by atoms with Crippen LogP contribution in [0.15, 0.2) is 23.1 Å². The first-order valence-electron chi connectivity index (χ1n) is 8.37. The van der Waals surface area contributed by atoms with Crippen LogP contribution in [0.3, 0.4) is 0 Å². The van der Waals surface area contributed by atoms with E-state index < -0.39 is 10.0 Å². The lowest BCUT2D eigenvalue weighted by Gasteiger charge is -2.17. The standard InChI is InChI=1S/C17H23N3O2S2.ClH/c1-17(2,3)16-19-14-5-4-13(6-15(14)23-16)24(21,22)20-9-11-7-18-8-12(11)10-20;/h4-6,11-12,18H,7-10H2,1-3H3;1H/t11-,12+;. The number of benzene rings is 1. The molecule has 1 N–H and O–H groups in total. The lowest BCUT2D eigenvalue weighted by molar-refractivity contribution is 0.448. The molecule has 138 valence electrons. The van der Waals surface area contributed by atoms with Gasteiger partial charge >= 0.3 is 0 Å². The van der Waals surface area contributed by atoms with Gasteiger partial charge < -0.3 is 5.32 Å². The number of hydrogen-bond donors (Lipinski definition) is 1. The second kappa shape index (κ2) is 6.46. The van der Waals surface area contributed by atoms with Gasteiger partial charge in [0.15, 0.2) is 0 Å². The maximum absolute atomic E-state index is 13.0. The fourth-order valence-corrected chi connectivity index (χ4v) is 6.26. The Morgan fingerprint density at radius 1 is 1.20 bits per heavy atom. The molecule has 8 heteroatoms. The maximum atomic E-state index is 13.0. The highest BCUT2D eigenvalue weighted by Crippen LogP contribution is 2.35. The van der Waals surface area contributed by atoms with Gasteiger partial charge in [-0.3, -0.25) is 0 Å². The van der Waals surface area contributed by atoms with E-state index in [1.807, 2.05) is 6.07 Å². The molecule has 2 fully saturated rings. The average molecular weight is 402 g/mol. The Bertz CT molecular complexity index is 877. The molecule has 2 aliphatic heterocycles. The number of nitrogens with one attached hydrogen (secondary N) is 1. The SMILES string of the molecule is CC(C)(C)c1nc2ccc(S(=O)(=O)N3C[C@H]4CNC[C@H]4C3)cc2s1.Cl. The predicted octanol–water partition coefficient (Wildman–Crippen LogP) is 2.86. The van der Waals surface area contributed by atoms with Crippen molar-refractivity contribution in [2.24, 2.45) is 11.8 Å². The summed E-state index contributed by atoms with van der Waals surface area (Å²) in [6, 6.07) is 5.34. The molecule has 4 rings (SSSR count). The van der Waals surface area contributed by atoms with Crippen LogP contribution >= 0.6 is 23.7 Å². The summed E-state index contributed by atoms with van der Waals surface area (Å²) in [6.45, 7) is 9.50. The van der Waals surface area contributed by atoms with Crippen LogP contribution in [0.1, 0.15) is 25.8 Å². The summed E-state index contributed by atoms with van der Waals surface area (Å²) < 4.78 is 28.6. The molecule has 1 aromatic heterocycles. The summed E-state index contributed by atoms with van der Waals surface area (Å²) in [5.74, 6) is 0.916. The van der Waals surface area contributed by atoms with Crippen LogP contribution in [-0.4, -0.2) is 43.9 Å². The molecule has 2 atom stereocenters. The predicted molar refractivity (Wildman–Crippen MR) is 104 cm³/mol. The number of thiazole rings is 1. The Labute approximate surface area is 159 Å². The van der Waals surface area contributed by atoms with Crippen LogP contribution in [0.2, 0.25) is 0 Å². The molecule has 0 aliphatic carbocycles. The third kappa shape index (κ3) is 3.32. The van der Waals surface area contributed by atoms with Gasteiger partial charge in [-0.15, -0.1) is 23.7 Å². The first kappa shape index (κ1) is 19.0. The molecule has 1 aromatic carbocycles. The van der Waals surface area contributed by atoms with Crippen LogP contribution in [0.4, 0.5) is 0 Å². The Morgan fingerprint density at radius 2 is 1.84 bits per heavy atom. The number of fused-ring (bicyclic) bond motifs is 2. The normalized spacial score (nSPS) is 24.4. The Balaban J connectivity index is 0.00000182. The van der Waals surface area contributed by atoms with Gasteiger partial charge in [0.05, 0.1) is 20.1 Å². The zero-order chi connectivity index (χ0) is 17.1. The van der Waals surface area contributed by atoms with Gasteiger partial charge in [0.1, 0.15) is 0 Å². The van der Waals surface area contributed by atoms with E-state index >= 15 is 0 Å². The van der Waals surface area contributed by atoms with E-state index in [0.29, 0.717) is 29.8 Å². The monoisotopic (exact) mass is 401 g/mol. The summed E-state index contributed by atoms with van der Waals surface area (Å²) in [5, 5.41) is 4.38. The smallest absolute Gasteiger partial charge is 0.243 e. The minimum Gasteiger partial charge on any atom is -0.316 e. The van der Waals surface area contributed by atoms with Crippen LogP contribution in [0, 0.1) is 11.8 Å². The number of sulfonamides is 1. The first-order chi connectivity index (χ1) is 11.2. The van der Waals surface area contributed by atoms with Gasteiger partial charge in [0.2, 0.25) is 10.0 Å². The second-order valence-electron chi connectivity index (χ2n) is 7.90.